The van der Waals surface area contributed by atoms with Crippen molar-refractivity contribution in [3.05, 3.63) is 34.3 Å². The van der Waals surface area contributed by atoms with Crippen LogP contribution in [0.2, 0.25) is 0 Å². The van der Waals surface area contributed by atoms with Crippen LogP contribution in [-0.4, -0.2) is 34.9 Å². The number of rotatable bonds is 2. The zero-order valence-corrected chi connectivity index (χ0v) is 10.8. The van der Waals surface area contributed by atoms with E-state index < -0.39 is 5.60 Å². The van der Waals surface area contributed by atoms with Crippen LogP contribution in [-0.2, 0) is 10.4 Å². The van der Waals surface area contributed by atoms with E-state index in [4.69, 9.17) is 11.6 Å². The summed E-state index contributed by atoms with van der Waals surface area (Å²) in [5.41, 5.74) is -0.105. The molecule has 1 heterocycles. The Morgan fingerprint density at radius 1 is 1.56 bits per heavy atom. The highest BCUT2D eigenvalue weighted by molar-refractivity contribution is 9.10. The lowest BCUT2D eigenvalue weighted by Gasteiger charge is -2.46. The zero-order valence-electron chi connectivity index (χ0n) is 8.49. The Bertz CT molecular complexity index is 418. The molecule has 0 radical (unpaired) electrons. The number of β-amino-alcohol motifs (C(OH)–C–C–N with tert-alkyl or cyclic N) is 1. The number of carbonyl (C=O) groups excluding carboxylic acids is 1. The fourth-order valence-electron chi connectivity index (χ4n) is 1.81. The summed E-state index contributed by atoms with van der Waals surface area (Å²) >= 11 is 8.80. The van der Waals surface area contributed by atoms with Crippen molar-refractivity contribution in [2.45, 2.75) is 5.60 Å². The van der Waals surface area contributed by atoms with Gasteiger partial charge in [-0.15, -0.1) is 11.6 Å². The van der Waals surface area contributed by atoms with Gasteiger partial charge in [-0.05, 0) is 17.7 Å². The van der Waals surface area contributed by atoms with Crippen molar-refractivity contribution >= 4 is 33.4 Å². The predicted octanol–water partition coefficient (Wildman–Crippen LogP) is 1.72. The molecule has 1 fully saturated rings. The number of halogens is 2. The van der Waals surface area contributed by atoms with Crippen LogP contribution in [0.25, 0.3) is 0 Å². The minimum Gasteiger partial charge on any atom is -0.381 e. The first-order valence-corrected chi connectivity index (χ1v) is 6.20. The van der Waals surface area contributed by atoms with Crippen molar-refractivity contribution in [3.8, 4) is 0 Å². The van der Waals surface area contributed by atoms with Crippen molar-refractivity contribution in [2.24, 2.45) is 0 Å². The van der Waals surface area contributed by atoms with Crippen LogP contribution in [0.1, 0.15) is 5.56 Å². The molecule has 0 aromatic heterocycles. The second-order valence-corrected chi connectivity index (χ2v) is 5.11. The number of likely N-dealkylation sites (tertiary alicyclic amines) is 1. The molecule has 0 spiro atoms. The van der Waals surface area contributed by atoms with Gasteiger partial charge >= 0.3 is 0 Å². The van der Waals surface area contributed by atoms with Crippen LogP contribution in [0.3, 0.4) is 0 Å². The SMILES string of the molecule is O=C(CCl)N1CC(O)(c2cccc(Br)c2)C1. The molecule has 1 N–H and O–H groups in total. The third-order valence-electron chi connectivity index (χ3n) is 2.73. The van der Waals surface area contributed by atoms with Crippen molar-refractivity contribution < 1.29 is 9.90 Å². The molecule has 2 rings (SSSR count). The molecule has 0 bridgehead atoms. The second-order valence-electron chi connectivity index (χ2n) is 3.93. The average molecular weight is 305 g/mol. The molecule has 0 unspecified atom stereocenters. The topological polar surface area (TPSA) is 40.5 Å². The largest absolute Gasteiger partial charge is 0.381 e. The molecular weight excluding hydrogens is 293 g/mol. The van der Waals surface area contributed by atoms with Gasteiger partial charge in [0.15, 0.2) is 0 Å². The van der Waals surface area contributed by atoms with Crippen molar-refractivity contribution in [2.75, 3.05) is 19.0 Å². The molecule has 1 saturated heterocycles. The van der Waals surface area contributed by atoms with Gasteiger partial charge in [0.1, 0.15) is 11.5 Å². The van der Waals surface area contributed by atoms with Crippen LogP contribution >= 0.6 is 27.5 Å². The summed E-state index contributed by atoms with van der Waals surface area (Å²) < 4.78 is 0.917. The monoisotopic (exact) mass is 303 g/mol. The Labute approximate surface area is 107 Å². The maximum absolute atomic E-state index is 11.3. The van der Waals surface area contributed by atoms with Crippen LogP contribution in [0, 0.1) is 0 Å². The molecule has 1 aromatic rings. The summed E-state index contributed by atoms with van der Waals surface area (Å²) in [6.07, 6.45) is 0. The highest BCUT2D eigenvalue weighted by Crippen LogP contribution is 2.33. The van der Waals surface area contributed by atoms with Crippen molar-refractivity contribution in [1.82, 2.24) is 4.90 Å². The van der Waals surface area contributed by atoms with Crippen molar-refractivity contribution in [3.63, 3.8) is 0 Å². The van der Waals surface area contributed by atoms with Gasteiger partial charge in [0.05, 0.1) is 13.1 Å². The minimum atomic E-state index is -0.925. The van der Waals surface area contributed by atoms with Gasteiger partial charge in [0, 0.05) is 4.47 Å². The molecule has 1 aliphatic rings. The number of aliphatic hydroxyl groups is 1. The molecule has 0 aliphatic carbocycles. The normalized spacial score (nSPS) is 18.1. The van der Waals surface area contributed by atoms with E-state index in [1.54, 1.807) is 4.90 Å². The van der Waals surface area contributed by atoms with Gasteiger partial charge in [0.2, 0.25) is 5.91 Å². The van der Waals surface area contributed by atoms with E-state index >= 15 is 0 Å². The van der Waals surface area contributed by atoms with Gasteiger partial charge in [-0.3, -0.25) is 4.79 Å². The Morgan fingerprint density at radius 3 is 2.81 bits per heavy atom. The number of carbonyl (C=O) groups is 1. The fraction of sp³-hybridized carbons (Fsp3) is 0.364. The van der Waals surface area contributed by atoms with Crippen LogP contribution in [0.15, 0.2) is 28.7 Å². The van der Waals surface area contributed by atoms with Crippen LogP contribution < -0.4 is 0 Å². The van der Waals surface area contributed by atoms with E-state index in [0.717, 1.165) is 10.0 Å². The summed E-state index contributed by atoms with van der Waals surface area (Å²) in [4.78, 5) is 12.8. The van der Waals surface area contributed by atoms with E-state index in [2.05, 4.69) is 15.9 Å². The van der Waals surface area contributed by atoms with E-state index in [1.807, 2.05) is 24.3 Å². The molecule has 3 nitrogen and oxygen atoms in total. The lowest BCUT2D eigenvalue weighted by atomic mass is 9.86. The zero-order chi connectivity index (χ0) is 11.8. The van der Waals surface area contributed by atoms with Crippen molar-refractivity contribution in [1.29, 1.82) is 0 Å². The number of benzene rings is 1. The highest BCUT2D eigenvalue weighted by atomic mass is 79.9. The summed E-state index contributed by atoms with van der Waals surface area (Å²) in [5.74, 6) is -0.171. The van der Waals surface area contributed by atoms with E-state index in [0.29, 0.717) is 13.1 Å². The number of hydrogen-bond donors (Lipinski definition) is 1. The number of hydrogen-bond acceptors (Lipinski definition) is 2. The summed E-state index contributed by atoms with van der Waals surface area (Å²) in [5, 5.41) is 10.3. The van der Waals surface area contributed by atoms with E-state index in [9.17, 15) is 9.90 Å². The Morgan fingerprint density at radius 2 is 2.25 bits per heavy atom. The van der Waals surface area contributed by atoms with Crippen LogP contribution in [0.5, 0.6) is 0 Å². The molecule has 0 atom stereocenters. The average Bonchev–Trinajstić information content (AvgIpc) is 2.23. The number of alkyl halides is 1. The first-order valence-electron chi connectivity index (χ1n) is 4.87. The van der Waals surface area contributed by atoms with E-state index in [-0.39, 0.29) is 11.8 Å². The lowest BCUT2D eigenvalue weighted by Crippen LogP contribution is -2.61. The van der Waals surface area contributed by atoms with Crippen LogP contribution in [0.4, 0.5) is 0 Å². The second kappa shape index (κ2) is 4.35. The predicted molar refractivity (Wildman–Crippen MR) is 65.3 cm³/mol. The summed E-state index contributed by atoms with van der Waals surface area (Å²) in [6, 6.07) is 7.48. The third-order valence-corrected chi connectivity index (χ3v) is 3.46. The first-order chi connectivity index (χ1) is 7.55. The Hall–Kier alpha value is -0.580. The Balaban J connectivity index is 2.10. The number of amides is 1. The van der Waals surface area contributed by atoms with Gasteiger partial charge in [-0.2, -0.15) is 0 Å². The van der Waals surface area contributed by atoms with Gasteiger partial charge in [-0.25, -0.2) is 0 Å². The molecular formula is C11H11BrClNO2. The van der Waals surface area contributed by atoms with Gasteiger partial charge < -0.3 is 10.0 Å². The highest BCUT2D eigenvalue weighted by Gasteiger charge is 2.44. The van der Waals surface area contributed by atoms with Gasteiger partial charge in [-0.1, -0.05) is 28.1 Å². The molecule has 16 heavy (non-hydrogen) atoms. The summed E-state index contributed by atoms with van der Waals surface area (Å²) in [7, 11) is 0. The molecule has 0 saturated carbocycles. The van der Waals surface area contributed by atoms with Gasteiger partial charge in [0.25, 0.3) is 0 Å². The smallest absolute Gasteiger partial charge is 0.237 e. The summed E-state index contributed by atoms with van der Waals surface area (Å²) in [6.45, 7) is 0.629. The first kappa shape index (κ1) is 11.9. The molecule has 1 aromatic carbocycles. The quantitative estimate of drug-likeness (QED) is 0.845. The minimum absolute atomic E-state index is 0.0332. The fourth-order valence-corrected chi connectivity index (χ4v) is 2.37. The Kier molecular flexibility index (Phi) is 3.24. The maximum Gasteiger partial charge on any atom is 0.237 e. The lowest BCUT2D eigenvalue weighted by molar-refractivity contribution is -0.154. The molecule has 5 heteroatoms. The van der Waals surface area contributed by atoms with E-state index in [1.165, 1.54) is 0 Å². The maximum atomic E-state index is 11.3. The molecule has 86 valence electrons. The number of nitrogens with zero attached hydrogens (tertiary/aromatic N) is 1. The molecule has 1 aliphatic heterocycles. The standard InChI is InChI=1S/C11H11BrClNO2/c12-9-3-1-2-8(4-9)11(16)6-14(7-11)10(15)5-13/h1-4,16H,5-7H2. The molecule has 1 amide bonds. The third kappa shape index (κ3) is 2.10.